The van der Waals surface area contributed by atoms with Gasteiger partial charge in [0.2, 0.25) is 0 Å². The van der Waals surface area contributed by atoms with Gasteiger partial charge in [0.15, 0.2) is 0 Å². The standard InChI is InChI=1S/C11H23NO2/c1-5-8-10(11(13)14)12(4)9(6-2)7-3/h9-10H,5-8H2,1-4H3,(H,13,14). The fourth-order valence-electron chi connectivity index (χ4n) is 1.89. The Morgan fingerprint density at radius 1 is 1.29 bits per heavy atom. The minimum absolute atomic E-state index is 0.315. The summed E-state index contributed by atoms with van der Waals surface area (Å²) in [7, 11) is 1.92. The Bertz CT molecular complexity index is 167. The van der Waals surface area contributed by atoms with Gasteiger partial charge in [0.05, 0.1) is 0 Å². The van der Waals surface area contributed by atoms with Gasteiger partial charge in [0, 0.05) is 6.04 Å². The number of nitrogens with zero attached hydrogens (tertiary/aromatic N) is 1. The molecule has 0 saturated carbocycles. The molecule has 1 N–H and O–H groups in total. The minimum atomic E-state index is -0.693. The van der Waals surface area contributed by atoms with E-state index in [9.17, 15) is 4.79 Å². The predicted octanol–water partition coefficient (Wildman–Crippen LogP) is 2.36. The van der Waals surface area contributed by atoms with Gasteiger partial charge in [-0.25, -0.2) is 0 Å². The first kappa shape index (κ1) is 13.4. The maximum absolute atomic E-state index is 11.0. The summed E-state index contributed by atoms with van der Waals surface area (Å²) in [5, 5.41) is 9.07. The molecule has 0 aliphatic heterocycles. The lowest BCUT2D eigenvalue weighted by Gasteiger charge is -2.31. The zero-order valence-corrected chi connectivity index (χ0v) is 9.79. The van der Waals surface area contributed by atoms with Crippen molar-refractivity contribution >= 4 is 5.97 Å². The van der Waals surface area contributed by atoms with Gasteiger partial charge in [-0.05, 0) is 26.3 Å². The summed E-state index contributed by atoms with van der Waals surface area (Å²) in [6.07, 6.45) is 3.69. The Balaban J connectivity index is 4.39. The van der Waals surface area contributed by atoms with Crippen molar-refractivity contribution in [1.82, 2.24) is 4.90 Å². The zero-order chi connectivity index (χ0) is 11.1. The van der Waals surface area contributed by atoms with Crippen LogP contribution in [0.2, 0.25) is 0 Å². The van der Waals surface area contributed by atoms with Crippen LogP contribution in [-0.4, -0.2) is 35.1 Å². The van der Waals surface area contributed by atoms with Gasteiger partial charge >= 0.3 is 5.97 Å². The lowest BCUT2D eigenvalue weighted by Crippen LogP contribution is -2.44. The highest BCUT2D eigenvalue weighted by Crippen LogP contribution is 2.14. The molecule has 0 aliphatic rings. The molecule has 0 aromatic carbocycles. The molecule has 84 valence electrons. The van der Waals surface area contributed by atoms with E-state index in [4.69, 9.17) is 5.11 Å². The topological polar surface area (TPSA) is 40.5 Å². The van der Waals surface area contributed by atoms with Gasteiger partial charge < -0.3 is 5.11 Å². The summed E-state index contributed by atoms with van der Waals surface area (Å²) in [4.78, 5) is 13.0. The maximum atomic E-state index is 11.0. The molecule has 3 heteroatoms. The molecule has 0 heterocycles. The van der Waals surface area contributed by atoms with Crippen LogP contribution < -0.4 is 0 Å². The van der Waals surface area contributed by atoms with E-state index in [0.717, 1.165) is 25.7 Å². The third kappa shape index (κ3) is 3.66. The van der Waals surface area contributed by atoms with Gasteiger partial charge in [-0.2, -0.15) is 0 Å². The van der Waals surface area contributed by atoms with Crippen LogP contribution in [0.15, 0.2) is 0 Å². The van der Waals surface area contributed by atoms with Gasteiger partial charge in [-0.3, -0.25) is 9.69 Å². The third-order valence-electron chi connectivity index (χ3n) is 2.86. The van der Waals surface area contributed by atoms with Crippen molar-refractivity contribution < 1.29 is 9.90 Å². The van der Waals surface area contributed by atoms with E-state index >= 15 is 0 Å². The largest absolute Gasteiger partial charge is 0.480 e. The van der Waals surface area contributed by atoms with E-state index in [0.29, 0.717) is 6.04 Å². The van der Waals surface area contributed by atoms with Crippen molar-refractivity contribution in [2.75, 3.05) is 7.05 Å². The molecule has 0 aromatic heterocycles. The predicted molar refractivity (Wildman–Crippen MR) is 58.5 cm³/mol. The van der Waals surface area contributed by atoms with Crippen LogP contribution in [-0.2, 0) is 4.79 Å². The third-order valence-corrected chi connectivity index (χ3v) is 2.86. The molecule has 0 rings (SSSR count). The van der Waals surface area contributed by atoms with Crippen LogP contribution in [0.1, 0.15) is 46.5 Å². The summed E-state index contributed by atoms with van der Waals surface area (Å²) in [6.45, 7) is 6.24. The van der Waals surface area contributed by atoms with Gasteiger partial charge in [0.25, 0.3) is 0 Å². The van der Waals surface area contributed by atoms with Crippen molar-refractivity contribution in [3.63, 3.8) is 0 Å². The number of carboxylic acids is 1. The quantitative estimate of drug-likeness (QED) is 0.687. The second-order valence-electron chi connectivity index (χ2n) is 3.78. The van der Waals surface area contributed by atoms with Crippen LogP contribution in [0.5, 0.6) is 0 Å². The number of aliphatic carboxylic acids is 1. The highest BCUT2D eigenvalue weighted by atomic mass is 16.4. The maximum Gasteiger partial charge on any atom is 0.320 e. The average Bonchev–Trinajstić information content (AvgIpc) is 2.15. The van der Waals surface area contributed by atoms with Gasteiger partial charge in [-0.1, -0.05) is 27.2 Å². The van der Waals surface area contributed by atoms with Crippen LogP contribution >= 0.6 is 0 Å². The lowest BCUT2D eigenvalue weighted by molar-refractivity contribution is -0.144. The Labute approximate surface area is 87.1 Å². The summed E-state index contributed by atoms with van der Waals surface area (Å²) in [5.41, 5.74) is 0. The Hall–Kier alpha value is -0.570. The van der Waals surface area contributed by atoms with Crippen molar-refractivity contribution in [1.29, 1.82) is 0 Å². The molecule has 0 aromatic rings. The van der Waals surface area contributed by atoms with Crippen molar-refractivity contribution in [3.8, 4) is 0 Å². The number of carbonyl (C=O) groups is 1. The van der Waals surface area contributed by atoms with Crippen LogP contribution in [0.25, 0.3) is 0 Å². The average molecular weight is 201 g/mol. The van der Waals surface area contributed by atoms with Gasteiger partial charge in [-0.15, -0.1) is 0 Å². The van der Waals surface area contributed by atoms with Crippen molar-refractivity contribution in [3.05, 3.63) is 0 Å². The summed E-state index contributed by atoms with van der Waals surface area (Å²) in [6, 6.07) is 0.0764. The normalized spacial score (nSPS) is 13.6. The lowest BCUT2D eigenvalue weighted by atomic mass is 10.1. The van der Waals surface area contributed by atoms with Crippen molar-refractivity contribution in [2.24, 2.45) is 0 Å². The van der Waals surface area contributed by atoms with Crippen LogP contribution in [0.3, 0.4) is 0 Å². The van der Waals surface area contributed by atoms with E-state index in [2.05, 4.69) is 13.8 Å². The van der Waals surface area contributed by atoms with Gasteiger partial charge in [0.1, 0.15) is 6.04 Å². The first-order chi connectivity index (χ1) is 6.58. The Kier molecular flexibility index (Phi) is 6.54. The molecule has 0 spiro atoms. The molecular weight excluding hydrogens is 178 g/mol. The number of hydrogen-bond acceptors (Lipinski definition) is 2. The van der Waals surface area contributed by atoms with Crippen LogP contribution in [0, 0.1) is 0 Å². The number of rotatable bonds is 7. The molecule has 14 heavy (non-hydrogen) atoms. The first-order valence-corrected chi connectivity index (χ1v) is 5.53. The number of carboxylic acid groups (broad SMARTS) is 1. The number of likely N-dealkylation sites (N-methyl/N-ethyl adjacent to an activating group) is 1. The van der Waals surface area contributed by atoms with E-state index < -0.39 is 5.97 Å². The SMILES string of the molecule is CCCC(C(=O)O)N(C)C(CC)CC. The highest BCUT2D eigenvalue weighted by molar-refractivity contribution is 5.73. The Morgan fingerprint density at radius 2 is 1.79 bits per heavy atom. The Morgan fingerprint density at radius 3 is 2.07 bits per heavy atom. The van der Waals surface area contributed by atoms with Crippen molar-refractivity contribution in [2.45, 2.75) is 58.5 Å². The fourth-order valence-corrected chi connectivity index (χ4v) is 1.89. The highest BCUT2D eigenvalue weighted by Gasteiger charge is 2.25. The molecule has 0 bridgehead atoms. The molecule has 0 radical (unpaired) electrons. The summed E-state index contributed by atoms with van der Waals surface area (Å²) in [5.74, 6) is -0.693. The summed E-state index contributed by atoms with van der Waals surface area (Å²) >= 11 is 0. The van der Waals surface area contributed by atoms with Crippen LogP contribution in [0.4, 0.5) is 0 Å². The fraction of sp³-hybridized carbons (Fsp3) is 0.909. The van der Waals surface area contributed by atoms with E-state index in [1.807, 2.05) is 18.9 Å². The van der Waals surface area contributed by atoms with E-state index in [1.165, 1.54) is 0 Å². The summed E-state index contributed by atoms with van der Waals surface area (Å²) < 4.78 is 0. The minimum Gasteiger partial charge on any atom is -0.480 e. The monoisotopic (exact) mass is 201 g/mol. The molecule has 1 unspecified atom stereocenters. The molecule has 3 nitrogen and oxygen atoms in total. The molecule has 0 saturated heterocycles. The second kappa shape index (κ2) is 6.82. The molecule has 0 aliphatic carbocycles. The molecule has 0 fully saturated rings. The molecular formula is C11H23NO2. The molecule has 1 atom stereocenters. The smallest absolute Gasteiger partial charge is 0.320 e. The van der Waals surface area contributed by atoms with E-state index in [-0.39, 0.29) is 6.04 Å². The number of hydrogen-bond donors (Lipinski definition) is 1. The zero-order valence-electron chi connectivity index (χ0n) is 9.79. The second-order valence-corrected chi connectivity index (χ2v) is 3.78. The van der Waals surface area contributed by atoms with E-state index in [1.54, 1.807) is 0 Å². The molecule has 0 amide bonds. The first-order valence-electron chi connectivity index (χ1n) is 5.53.